The van der Waals surface area contributed by atoms with Crippen LogP contribution in [0.3, 0.4) is 0 Å². The lowest BCUT2D eigenvalue weighted by Crippen LogP contribution is -2.14. The molecule has 1 aliphatic rings. The van der Waals surface area contributed by atoms with Gasteiger partial charge >= 0.3 is 0 Å². The van der Waals surface area contributed by atoms with E-state index in [4.69, 9.17) is 0 Å². The molecule has 0 spiro atoms. The fourth-order valence-corrected chi connectivity index (χ4v) is 4.02. The standard InChI is InChI=1S/C14H18OS2/c1-16-14-5-3-2-4-12(14)13(15)10-11-6-8-17-9-7-11/h2-5,11H,6-10H2,1H3. The third-order valence-electron chi connectivity index (χ3n) is 3.22. The fourth-order valence-electron chi connectivity index (χ4n) is 2.20. The summed E-state index contributed by atoms with van der Waals surface area (Å²) in [7, 11) is 0. The first-order valence-electron chi connectivity index (χ1n) is 6.05. The first kappa shape index (κ1) is 13.0. The Labute approximate surface area is 112 Å². The van der Waals surface area contributed by atoms with Gasteiger partial charge in [-0.1, -0.05) is 18.2 Å². The molecule has 0 aromatic heterocycles. The van der Waals surface area contributed by atoms with Crippen molar-refractivity contribution < 1.29 is 4.79 Å². The van der Waals surface area contributed by atoms with Gasteiger partial charge in [-0.3, -0.25) is 4.79 Å². The lowest BCUT2D eigenvalue weighted by Gasteiger charge is -2.20. The number of ketones is 1. The van der Waals surface area contributed by atoms with Crippen molar-refractivity contribution >= 4 is 29.3 Å². The van der Waals surface area contributed by atoms with Crippen LogP contribution in [-0.2, 0) is 0 Å². The number of rotatable bonds is 4. The Morgan fingerprint density at radius 1 is 1.35 bits per heavy atom. The summed E-state index contributed by atoms with van der Waals surface area (Å²) >= 11 is 3.67. The van der Waals surface area contributed by atoms with Crippen molar-refractivity contribution in [3.8, 4) is 0 Å². The molecule has 1 heterocycles. The average molecular weight is 266 g/mol. The predicted octanol–water partition coefficient (Wildman–Crippen LogP) is 4.12. The van der Waals surface area contributed by atoms with Gasteiger partial charge < -0.3 is 0 Å². The summed E-state index contributed by atoms with van der Waals surface area (Å²) in [5.41, 5.74) is 0.915. The Bertz CT molecular complexity index is 384. The summed E-state index contributed by atoms with van der Waals surface area (Å²) in [4.78, 5) is 13.4. The van der Waals surface area contributed by atoms with E-state index in [0.717, 1.165) is 16.9 Å². The molecule has 1 saturated heterocycles. The van der Waals surface area contributed by atoms with E-state index in [1.165, 1.54) is 24.3 Å². The van der Waals surface area contributed by atoms with Gasteiger partial charge in [0, 0.05) is 16.9 Å². The molecular weight excluding hydrogens is 248 g/mol. The third-order valence-corrected chi connectivity index (χ3v) is 5.07. The van der Waals surface area contributed by atoms with E-state index in [1.807, 2.05) is 42.3 Å². The second-order valence-electron chi connectivity index (χ2n) is 4.38. The number of carbonyl (C=O) groups excluding carboxylic acids is 1. The van der Waals surface area contributed by atoms with E-state index in [-0.39, 0.29) is 0 Å². The van der Waals surface area contributed by atoms with E-state index in [0.29, 0.717) is 11.7 Å². The lowest BCUT2D eigenvalue weighted by molar-refractivity contribution is 0.0956. The summed E-state index contributed by atoms with van der Waals surface area (Å²) in [6, 6.07) is 7.96. The monoisotopic (exact) mass is 266 g/mol. The average Bonchev–Trinajstić information content (AvgIpc) is 2.40. The minimum absolute atomic E-state index is 0.326. The number of carbonyl (C=O) groups is 1. The predicted molar refractivity (Wildman–Crippen MR) is 77.2 cm³/mol. The number of hydrogen-bond donors (Lipinski definition) is 0. The van der Waals surface area contributed by atoms with Crippen LogP contribution in [0, 0.1) is 5.92 Å². The highest BCUT2D eigenvalue weighted by atomic mass is 32.2. The summed E-state index contributed by atoms with van der Waals surface area (Å²) in [6.07, 6.45) is 5.18. The molecule has 17 heavy (non-hydrogen) atoms. The molecule has 92 valence electrons. The van der Waals surface area contributed by atoms with Crippen molar-refractivity contribution in [2.45, 2.75) is 24.2 Å². The molecule has 1 nitrogen and oxygen atoms in total. The highest BCUT2D eigenvalue weighted by Gasteiger charge is 2.19. The molecule has 1 aliphatic heterocycles. The number of Topliss-reactive ketones (excluding diaryl/α,β-unsaturated/α-hetero) is 1. The molecular formula is C14H18OS2. The van der Waals surface area contributed by atoms with Gasteiger partial charge in [0.15, 0.2) is 5.78 Å². The van der Waals surface area contributed by atoms with Gasteiger partial charge in [0.2, 0.25) is 0 Å². The summed E-state index contributed by atoms with van der Waals surface area (Å²) in [5, 5.41) is 0. The Morgan fingerprint density at radius 3 is 2.76 bits per heavy atom. The van der Waals surface area contributed by atoms with Crippen molar-refractivity contribution in [1.82, 2.24) is 0 Å². The van der Waals surface area contributed by atoms with Crippen LogP contribution in [0.25, 0.3) is 0 Å². The zero-order chi connectivity index (χ0) is 12.1. The van der Waals surface area contributed by atoms with E-state index < -0.39 is 0 Å². The Morgan fingerprint density at radius 2 is 2.06 bits per heavy atom. The maximum Gasteiger partial charge on any atom is 0.164 e. The maximum atomic E-state index is 12.3. The van der Waals surface area contributed by atoms with Crippen molar-refractivity contribution in [3.63, 3.8) is 0 Å². The van der Waals surface area contributed by atoms with E-state index in [9.17, 15) is 4.79 Å². The van der Waals surface area contributed by atoms with Gasteiger partial charge in [-0.15, -0.1) is 11.8 Å². The van der Waals surface area contributed by atoms with Gasteiger partial charge in [0.25, 0.3) is 0 Å². The Balaban J connectivity index is 2.03. The topological polar surface area (TPSA) is 17.1 Å². The van der Waals surface area contributed by atoms with Crippen molar-refractivity contribution in [2.75, 3.05) is 17.8 Å². The Kier molecular flexibility index (Phi) is 4.99. The maximum absolute atomic E-state index is 12.3. The van der Waals surface area contributed by atoms with Gasteiger partial charge in [-0.25, -0.2) is 0 Å². The molecule has 0 atom stereocenters. The van der Waals surface area contributed by atoms with Crippen LogP contribution in [0.1, 0.15) is 29.6 Å². The van der Waals surface area contributed by atoms with Gasteiger partial charge in [-0.2, -0.15) is 11.8 Å². The SMILES string of the molecule is CSc1ccccc1C(=O)CC1CCSCC1. The minimum Gasteiger partial charge on any atom is -0.294 e. The normalized spacial score (nSPS) is 17.0. The number of hydrogen-bond acceptors (Lipinski definition) is 3. The summed E-state index contributed by atoms with van der Waals surface area (Å²) < 4.78 is 0. The number of benzene rings is 1. The fraction of sp³-hybridized carbons (Fsp3) is 0.500. The minimum atomic E-state index is 0.326. The molecule has 0 aliphatic carbocycles. The first-order chi connectivity index (χ1) is 8.31. The van der Waals surface area contributed by atoms with Crippen molar-refractivity contribution in [1.29, 1.82) is 0 Å². The zero-order valence-corrected chi connectivity index (χ0v) is 11.8. The second-order valence-corrected chi connectivity index (χ2v) is 6.46. The zero-order valence-electron chi connectivity index (χ0n) is 10.1. The molecule has 1 aromatic rings. The van der Waals surface area contributed by atoms with Crippen LogP contribution in [0.2, 0.25) is 0 Å². The van der Waals surface area contributed by atoms with Crippen LogP contribution in [0.5, 0.6) is 0 Å². The largest absolute Gasteiger partial charge is 0.294 e. The van der Waals surface area contributed by atoms with E-state index >= 15 is 0 Å². The van der Waals surface area contributed by atoms with Crippen LogP contribution < -0.4 is 0 Å². The molecule has 0 amide bonds. The van der Waals surface area contributed by atoms with Gasteiger partial charge in [0.05, 0.1) is 0 Å². The molecule has 0 radical (unpaired) electrons. The molecule has 1 aromatic carbocycles. The number of thioether (sulfide) groups is 2. The van der Waals surface area contributed by atoms with Crippen LogP contribution in [-0.4, -0.2) is 23.5 Å². The van der Waals surface area contributed by atoms with Gasteiger partial charge in [-0.05, 0) is 42.6 Å². The van der Waals surface area contributed by atoms with E-state index in [2.05, 4.69) is 0 Å². The molecule has 2 rings (SSSR count). The smallest absolute Gasteiger partial charge is 0.164 e. The van der Waals surface area contributed by atoms with Crippen LogP contribution >= 0.6 is 23.5 Å². The summed E-state index contributed by atoms with van der Waals surface area (Å²) in [6.45, 7) is 0. The second kappa shape index (κ2) is 6.50. The van der Waals surface area contributed by atoms with E-state index in [1.54, 1.807) is 11.8 Å². The van der Waals surface area contributed by atoms with Crippen molar-refractivity contribution in [3.05, 3.63) is 29.8 Å². The Hall–Kier alpha value is -0.410. The third kappa shape index (κ3) is 3.52. The molecule has 0 N–H and O–H groups in total. The summed E-state index contributed by atoms with van der Waals surface area (Å²) in [5.74, 6) is 3.38. The van der Waals surface area contributed by atoms with Gasteiger partial charge in [0.1, 0.15) is 0 Å². The molecule has 0 saturated carbocycles. The lowest BCUT2D eigenvalue weighted by atomic mass is 9.93. The molecule has 0 bridgehead atoms. The molecule has 0 unspecified atom stereocenters. The van der Waals surface area contributed by atoms with Crippen molar-refractivity contribution in [2.24, 2.45) is 5.92 Å². The molecule has 3 heteroatoms. The highest BCUT2D eigenvalue weighted by molar-refractivity contribution is 7.99. The highest BCUT2D eigenvalue weighted by Crippen LogP contribution is 2.28. The first-order valence-corrected chi connectivity index (χ1v) is 8.43. The molecule has 1 fully saturated rings. The van der Waals surface area contributed by atoms with Crippen LogP contribution in [0.4, 0.5) is 0 Å². The quantitative estimate of drug-likeness (QED) is 0.602. The van der Waals surface area contributed by atoms with Crippen LogP contribution in [0.15, 0.2) is 29.2 Å².